The lowest BCUT2D eigenvalue weighted by molar-refractivity contribution is -0.120. The molecule has 0 radical (unpaired) electrons. The molecule has 100 valence electrons. The minimum atomic E-state index is -1.73. The Morgan fingerprint density at radius 3 is 2.17 bits per heavy atom. The van der Waals surface area contributed by atoms with Gasteiger partial charge in [-0.2, -0.15) is 22.5 Å². The van der Waals surface area contributed by atoms with Gasteiger partial charge in [-0.1, -0.05) is 0 Å². The van der Waals surface area contributed by atoms with E-state index in [2.05, 4.69) is 10.3 Å². The quantitative estimate of drug-likeness (QED) is 0.657. The first-order chi connectivity index (χ1) is 8.38. The van der Waals surface area contributed by atoms with Crippen LogP contribution < -0.4 is 10.2 Å². The number of hydrogen-bond acceptors (Lipinski definition) is 3. The van der Waals surface area contributed by atoms with Crippen molar-refractivity contribution >= 4 is 11.6 Å². The molecule has 0 aromatic carbocycles. The van der Waals surface area contributed by atoms with Gasteiger partial charge < -0.3 is 10.2 Å². The zero-order valence-corrected chi connectivity index (χ0v) is 9.73. The number of carbonyl (C=O) groups is 1. The third kappa shape index (κ3) is 2.88. The molecule has 18 heavy (non-hydrogen) atoms. The molecule has 1 rings (SSSR count). The smallest absolute Gasteiger partial charge is 0.253 e. The maximum absolute atomic E-state index is 13.3. The first-order valence-corrected chi connectivity index (χ1v) is 5.00. The lowest BCUT2D eigenvalue weighted by Gasteiger charge is -2.20. The molecular weight excluding hydrogens is 254 g/mol. The summed E-state index contributed by atoms with van der Waals surface area (Å²) in [6.45, 7) is -0.101. The number of nitrogens with zero attached hydrogens (tertiary/aromatic N) is 2. The van der Waals surface area contributed by atoms with Crippen LogP contribution in [0.3, 0.4) is 0 Å². The monoisotopic (exact) mass is 265 g/mol. The second-order valence-electron chi connectivity index (χ2n) is 3.51. The first-order valence-electron chi connectivity index (χ1n) is 5.00. The van der Waals surface area contributed by atoms with Crippen LogP contribution in [0.4, 0.5) is 23.2 Å². The van der Waals surface area contributed by atoms with Crippen molar-refractivity contribution in [1.29, 1.82) is 0 Å². The molecule has 0 spiro atoms. The minimum Gasteiger partial charge on any atom is -0.369 e. The normalized spacial score (nSPS) is 10.3. The number of halogens is 4. The van der Waals surface area contributed by atoms with Crippen LogP contribution in [0.25, 0.3) is 0 Å². The molecule has 0 fully saturated rings. The fourth-order valence-corrected chi connectivity index (χ4v) is 1.32. The Labute approximate surface area is 101 Å². The molecule has 4 nitrogen and oxygen atoms in total. The Bertz CT molecular complexity index is 441. The first kappa shape index (κ1) is 14.2. The fraction of sp³-hybridized carbons (Fsp3) is 0.400. The molecule has 0 aliphatic heterocycles. The van der Waals surface area contributed by atoms with E-state index in [-0.39, 0.29) is 18.9 Å². The standard InChI is InChI=1S/C10H11F4N3O/c1-15-5(18)3-4-17(2)8-6(11)9(13)16-10(14)7(8)12/h3-4H2,1-2H3,(H,15,18). The summed E-state index contributed by atoms with van der Waals surface area (Å²) >= 11 is 0. The van der Waals surface area contributed by atoms with Crippen LogP contribution in [0.5, 0.6) is 0 Å². The van der Waals surface area contributed by atoms with Crippen LogP contribution in [0.2, 0.25) is 0 Å². The maximum atomic E-state index is 13.3. The van der Waals surface area contributed by atoms with E-state index in [0.29, 0.717) is 0 Å². The van der Waals surface area contributed by atoms with Crippen LogP contribution in [-0.2, 0) is 4.79 Å². The second kappa shape index (κ2) is 5.65. The van der Waals surface area contributed by atoms with Crippen molar-refractivity contribution in [2.45, 2.75) is 6.42 Å². The average Bonchev–Trinajstić information content (AvgIpc) is 2.33. The van der Waals surface area contributed by atoms with Crippen molar-refractivity contribution < 1.29 is 22.4 Å². The van der Waals surface area contributed by atoms with Crippen LogP contribution >= 0.6 is 0 Å². The Morgan fingerprint density at radius 2 is 1.72 bits per heavy atom. The SMILES string of the molecule is CNC(=O)CCN(C)c1c(F)c(F)nc(F)c1F. The number of rotatable bonds is 4. The summed E-state index contributed by atoms with van der Waals surface area (Å²) in [6, 6.07) is 0. The third-order valence-corrected chi connectivity index (χ3v) is 2.31. The summed E-state index contributed by atoms with van der Waals surface area (Å²) in [7, 11) is 2.61. The molecule has 0 saturated heterocycles. The van der Waals surface area contributed by atoms with Crippen molar-refractivity contribution in [3.05, 3.63) is 23.5 Å². The molecule has 1 amide bonds. The molecule has 1 aromatic rings. The number of nitrogens with one attached hydrogen (secondary N) is 1. The predicted octanol–water partition coefficient (Wildman–Crippen LogP) is 1.21. The Hall–Kier alpha value is -1.86. The molecule has 1 aromatic heterocycles. The minimum absolute atomic E-state index is 0.0720. The molecule has 0 bridgehead atoms. The lowest BCUT2D eigenvalue weighted by atomic mass is 10.3. The summed E-state index contributed by atoms with van der Waals surface area (Å²) in [5.74, 6) is -6.99. The van der Waals surface area contributed by atoms with Gasteiger partial charge in [0.15, 0.2) is 0 Å². The lowest BCUT2D eigenvalue weighted by Crippen LogP contribution is -2.28. The van der Waals surface area contributed by atoms with Gasteiger partial charge >= 0.3 is 0 Å². The number of amides is 1. The third-order valence-electron chi connectivity index (χ3n) is 2.31. The number of pyridine rings is 1. The zero-order valence-electron chi connectivity index (χ0n) is 9.73. The highest BCUT2D eigenvalue weighted by molar-refractivity contribution is 5.76. The molecule has 1 N–H and O–H groups in total. The summed E-state index contributed by atoms with van der Waals surface area (Å²) in [5, 5.41) is 2.31. The van der Waals surface area contributed by atoms with E-state index in [1.54, 1.807) is 0 Å². The van der Waals surface area contributed by atoms with E-state index in [9.17, 15) is 22.4 Å². The molecule has 0 aliphatic rings. The summed E-state index contributed by atoms with van der Waals surface area (Å²) in [6.07, 6.45) is -0.0720. The second-order valence-corrected chi connectivity index (χ2v) is 3.51. The molecule has 0 unspecified atom stereocenters. The predicted molar refractivity (Wildman–Crippen MR) is 56.0 cm³/mol. The van der Waals surface area contributed by atoms with Crippen molar-refractivity contribution in [3.8, 4) is 0 Å². The topological polar surface area (TPSA) is 45.2 Å². The number of carbonyl (C=O) groups excluding carboxylic acids is 1. The molecule has 0 atom stereocenters. The van der Waals surface area contributed by atoms with Gasteiger partial charge in [0, 0.05) is 27.1 Å². The number of anilines is 1. The van der Waals surface area contributed by atoms with Gasteiger partial charge in [0.1, 0.15) is 5.69 Å². The van der Waals surface area contributed by atoms with E-state index in [1.165, 1.54) is 14.1 Å². The maximum Gasteiger partial charge on any atom is 0.253 e. The molecule has 0 saturated carbocycles. The van der Waals surface area contributed by atoms with Crippen molar-refractivity contribution in [2.75, 3.05) is 25.5 Å². The van der Waals surface area contributed by atoms with Crippen molar-refractivity contribution in [1.82, 2.24) is 10.3 Å². The molecular formula is C10H11F4N3O. The van der Waals surface area contributed by atoms with Crippen molar-refractivity contribution in [3.63, 3.8) is 0 Å². The van der Waals surface area contributed by atoms with Gasteiger partial charge in [0.25, 0.3) is 11.9 Å². The highest BCUT2D eigenvalue weighted by Gasteiger charge is 2.23. The van der Waals surface area contributed by atoms with E-state index >= 15 is 0 Å². The van der Waals surface area contributed by atoms with Crippen LogP contribution in [0.1, 0.15) is 6.42 Å². The van der Waals surface area contributed by atoms with Gasteiger partial charge in [-0.15, -0.1) is 0 Å². The Balaban J connectivity index is 2.98. The van der Waals surface area contributed by atoms with E-state index in [0.717, 1.165) is 4.90 Å². The van der Waals surface area contributed by atoms with Crippen LogP contribution in [0, 0.1) is 23.5 Å². The molecule has 8 heteroatoms. The van der Waals surface area contributed by atoms with E-state index in [4.69, 9.17) is 0 Å². The summed E-state index contributed by atoms with van der Waals surface area (Å²) in [4.78, 5) is 14.3. The van der Waals surface area contributed by atoms with E-state index in [1.807, 2.05) is 0 Å². The van der Waals surface area contributed by atoms with E-state index < -0.39 is 29.2 Å². The summed E-state index contributed by atoms with van der Waals surface area (Å²) < 4.78 is 52.3. The number of aromatic nitrogens is 1. The highest BCUT2D eigenvalue weighted by atomic mass is 19.2. The van der Waals surface area contributed by atoms with Gasteiger partial charge in [-0.3, -0.25) is 4.79 Å². The number of hydrogen-bond donors (Lipinski definition) is 1. The molecule has 0 aliphatic carbocycles. The zero-order chi connectivity index (χ0) is 13.9. The largest absolute Gasteiger partial charge is 0.369 e. The fourth-order valence-electron chi connectivity index (χ4n) is 1.32. The Morgan fingerprint density at radius 1 is 1.22 bits per heavy atom. The highest BCUT2D eigenvalue weighted by Crippen LogP contribution is 2.25. The van der Waals surface area contributed by atoms with Crippen molar-refractivity contribution in [2.24, 2.45) is 0 Å². The van der Waals surface area contributed by atoms with Gasteiger partial charge in [0.2, 0.25) is 17.5 Å². The van der Waals surface area contributed by atoms with Crippen LogP contribution in [-0.4, -0.2) is 31.5 Å². The summed E-state index contributed by atoms with van der Waals surface area (Å²) in [5.41, 5.74) is -0.885. The van der Waals surface area contributed by atoms with Crippen LogP contribution in [0.15, 0.2) is 0 Å². The molecule has 1 heterocycles. The Kier molecular flexibility index (Phi) is 4.46. The van der Waals surface area contributed by atoms with Gasteiger partial charge in [-0.05, 0) is 0 Å². The van der Waals surface area contributed by atoms with Gasteiger partial charge in [-0.25, -0.2) is 0 Å². The average molecular weight is 265 g/mol. The van der Waals surface area contributed by atoms with Gasteiger partial charge in [0.05, 0.1) is 0 Å².